The molecule has 0 saturated heterocycles. The number of ether oxygens (including phenoxy) is 1. The van der Waals surface area contributed by atoms with E-state index in [-0.39, 0.29) is 6.61 Å². The molecule has 38 heavy (non-hydrogen) atoms. The average Bonchev–Trinajstić information content (AvgIpc) is 2.93. The zero-order chi connectivity index (χ0) is 29.7. The quantitative estimate of drug-likeness (QED) is 0.134. The summed E-state index contributed by atoms with van der Waals surface area (Å²) in [7, 11) is 0. The van der Waals surface area contributed by atoms with Gasteiger partial charge in [0.1, 0.15) is 18.2 Å². The summed E-state index contributed by atoms with van der Waals surface area (Å²) in [4.78, 5) is 11.5. The Morgan fingerprint density at radius 1 is 1.26 bits per heavy atom. The van der Waals surface area contributed by atoms with Gasteiger partial charge >= 0.3 is 6.18 Å². The maximum atomic E-state index is 11.0. The first-order valence-electron chi connectivity index (χ1n) is 12.9. The van der Waals surface area contributed by atoms with Crippen LogP contribution in [0.2, 0.25) is 0 Å². The Bertz CT molecular complexity index is 744. The maximum absolute atomic E-state index is 11.0. The van der Waals surface area contributed by atoms with Gasteiger partial charge in [0.15, 0.2) is 0 Å². The molecule has 1 rings (SSSR count). The molecular formula is C28H49F3N4O3. The number of alkyl halides is 3. The van der Waals surface area contributed by atoms with Gasteiger partial charge in [0.2, 0.25) is 0 Å². The number of hydrogen-bond acceptors (Lipinski definition) is 6. The number of nitrogens with zero attached hydrogens (tertiary/aromatic N) is 3. The largest absolute Gasteiger partial charge is 0.491 e. The Labute approximate surface area is 227 Å². The molecular weight excluding hydrogens is 497 g/mol. The molecule has 4 N–H and O–H groups in total. The van der Waals surface area contributed by atoms with Crippen molar-refractivity contribution in [1.82, 2.24) is 4.90 Å². The first-order valence-corrected chi connectivity index (χ1v) is 12.9. The Balaban J connectivity index is -0.000000946. The molecule has 7 nitrogen and oxygen atoms in total. The Kier molecular flexibility index (Phi) is 30.5. The highest BCUT2D eigenvalue weighted by molar-refractivity contribution is 5.98. The van der Waals surface area contributed by atoms with Crippen molar-refractivity contribution in [3.05, 3.63) is 60.4 Å². The van der Waals surface area contributed by atoms with Crippen LogP contribution < -0.4 is 5.90 Å². The molecule has 0 bridgehead atoms. The minimum atomic E-state index is -4.07. The summed E-state index contributed by atoms with van der Waals surface area (Å²) in [6.45, 7) is 17.1. The first-order chi connectivity index (χ1) is 18.3. The second-order valence-corrected chi connectivity index (χ2v) is 7.51. The molecule has 1 heterocycles. The van der Waals surface area contributed by atoms with Gasteiger partial charge in [-0.1, -0.05) is 50.6 Å². The monoisotopic (exact) mass is 546 g/mol. The van der Waals surface area contributed by atoms with E-state index in [4.69, 9.17) is 15.1 Å². The molecule has 0 aromatic heterocycles. The van der Waals surface area contributed by atoms with Gasteiger partial charge in [-0.25, -0.2) is 10.9 Å². The van der Waals surface area contributed by atoms with Gasteiger partial charge in [-0.3, -0.25) is 4.99 Å². The Hall–Kier alpha value is -2.53. The molecule has 0 amide bonds. The van der Waals surface area contributed by atoms with E-state index < -0.39 is 12.6 Å². The SMILES string of the molecule is C/C=C/C(N=CCC)=NCCN1CC/C=C/C=C(OCCO)\C=C(/C)CC1.C=CCC(F)(F)F.CC.NO. The number of rotatable bonds is 9. The van der Waals surface area contributed by atoms with E-state index in [0.29, 0.717) is 6.61 Å². The molecule has 0 aromatic carbocycles. The molecule has 220 valence electrons. The van der Waals surface area contributed by atoms with Gasteiger partial charge < -0.3 is 20.0 Å². The van der Waals surface area contributed by atoms with Crippen molar-refractivity contribution in [2.45, 2.75) is 66.5 Å². The highest BCUT2D eigenvalue weighted by Crippen LogP contribution is 2.18. The average molecular weight is 547 g/mol. The smallest absolute Gasteiger partial charge is 0.392 e. The highest BCUT2D eigenvalue weighted by Gasteiger charge is 2.23. The summed E-state index contributed by atoms with van der Waals surface area (Å²) < 4.78 is 38.5. The van der Waals surface area contributed by atoms with E-state index in [9.17, 15) is 13.2 Å². The molecule has 1 aliphatic rings. The minimum Gasteiger partial charge on any atom is -0.491 e. The van der Waals surface area contributed by atoms with Gasteiger partial charge in [-0.2, -0.15) is 13.2 Å². The fourth-order valence-corrected chi connectivity index (χ4v) is 2.74. The predicted octanol–water partition coefficient (Wildman–Crippen LogP) is 6.42. The van der Waals surface area contributed by atoms with E-state index >= 15 is 0 Å². The number of allylic oxidation sites excluding steroid dienone is 5. The molecule has 0 radical (unpaired) electrons. The third-order valence-electron chi connectivity index (χ3n) is 4.37. The summed E-state index contributed by atoms with van der Waals surface area (Å²) in [6.07, 6.45) is 12.8. The first kappa shape index (κ1) is 40.0. The summed E-state index contributed by atoms with van der Waals surface area (Å²) in [5.41, 5.74) is 1.27. The van der Waals surface area contributed by atoms with Gasteiger partial charge in [-0.05, 0) is 51.3 Å². The van der Waals surface area contributed by atoms with E-state index in [0.717, 1.165) is 63.1 Å². The number of aliphatic imine (C=N–C) groups is 2. The summed E-state index contributed by atoms with van der Waals surface area (Å²) in [6, 6.07) is 0. The Morgan fingerprint density at radius 2 is 1.95 bits per heavy atom. The molecule has 0 fully saturated rings. The van der Waals surface area contributed by atoms with Crippen LogP contribution in [0.15, 0.2) is 70.4 Å². The molecule has 0 saturated carbocycles. The second-order valence-electron chi connectivity index (χ2n) is 7.51. The van der Waals surface area contributed by atoms with Crippen LogP contribution in [0.25, 0.3) is 0 Å². The van der Waals surface area contributed by atoms with Crippen molar-refractivity contribution in [1.29, 1.82) is 0 Å². The third kappa shape index (κ3) is 28.0. The van der Waals surface area contributed by atoms with Gasteiger partial charge in [0, 0.05) is 25.8 Å². The van der Waals surface area contributed by atoms with Gasteiger partial charge in [0.05, 0.1) is 19.6 Å². The van der Waals surface area contributed by atoms with Crippen molar-refractivity contribution in [3.63, 3.8) is 0 Å². The number of halogens is 3. The van der Waals surface area contributed by atoms with Crippen molar-refractivity contribution in [2.75, 3.05) is 39.4 Å². The van der Waals surface area contributed by atoms with Crippen LogP contribution in [0.5, 0.6) is 0 Å². The van der Waals surface area contributed by atoms with Crippen LogP contribution in [0, 0.1) is 0 Å². The lowest BCUT2D eigenvalue weighted by Gasteiger charge is -2.21. The Morgan fingerprint density at radius 3 is 2.47 bits per heavy atom. The standard InChI is InChI=1S/C22H35N3O2.C4H5F3.C2H6.H3NO/c1-4-9-22(23-12-5-2)24-13-16-25-14-8-6-7-10-21(27-18-17-26)19-20(3)11-15-25;1-2-3-4(5,6)7;2*1-2/h4,6-7,9-10,12,19,26H,5,8,11,13-18H2,1-3H3;2H,1,3H2;1-2H3;2H,1H2/b7-6+,9-4+,20-19+,21-10+,23-12?,24-22?;;;. The van der Waals surface area contributed by atoms with Crippen LogP contribution in [-0.2, 0) is 4.74 Å². The zero-order valence-corrected chi connectivity index (χ0v) is 23.8. The fourth-order valence-electron chi connectivity index (χ4n) is 2.74. The van der Waals surface area contributed by atoms with Crippen molar-refractivity contribution in [3.8, 4) is 0 Å². The molecule has 0 atom stereocenters. The third-order valence-corrected chi connectivity index (χ3v) is 4.37. The van der Waals surface area contributed by atoms with Crippen molar-refractivity contribution in [2.24, 2.45) is 15.9 Å². The van der Waals surface area contributed by atoms with Crippen molar-refractivity contribution < 1.29 is 28.2 Å². The topological polar surface area (TPSA) is 104 Å². The van der Waals surface area contributed by atoms with Gasteiger partial charge in [0.25, 0.3) is 0 Å². The molecule has 0 aliphatic carbocycles. The lowest BCUT2D eigenvalue weighted by molar-refractivity contribution is -0.124. The lowest BCUT2D eigenvalue weighted by atomic mass is 10.2. The summed E-state index contributed by atoms with van der Waals surface area (Å²) in [5, 5.41) is 15.5. The number of hydrogen-bond donors (Lipinski definition) is 3. The maximum Gasteiger partial charge on any atom is 0.392 e. The van der Waals surface area contributed by atoms with Crippen molar-refractivity contribution >= 4 is 12.1 Å². The number of aliphatic hydroxyl groups is 1. The molecule has 10 heteroatoms. The molecule has 1 aliphatic heterocycles. The summed E-state index contributed by atoms with van der Waals surface area (Å²) in [5.74, 6) is 5.10. The molecule has 0 unspecified atom stereocenters. The fraction of sp³-hybridized carbons (Fsp3) is 0.571. The molecule has 0 spiro atoms. The normalized spacial score (nSPS) is 18.7. The highest BCUT2D eigenvalue weighted by atomic mass is 19.4. The van der Waals surface area contributed by atoms with E-state index in [1.165, 1.54) is 5.57 Å². The van der Waals surface area contributed by atoms with Gasteiger partial charge in [-0.15, -0.1) is 6.58 Å². The van der Waals surface area contributed by atoms with E-state index in [1.807, 2.05) is 51.3 Å². The lowest BCUT2D eigenvalue weighted by Crippen LogP contribution is -2.29. The number of amidine groups is 1. The van der Waals surface area contributed by atoms with Crippen LogP contribution in [-0.4, -0.2) is 72.8 Å². The number of aliphatic hydroxyl groups excluding tert-OH is 1. The zero-order valence-electron chi connectivity index (χ0n) is 23.8. The van der Waals surface area contributed by atoms with E-state index in [1.54, 1.807) is 0 Å². The second kappa shape index (κ2) is 29.0. The van der Waals surface area contributed by atoms with E-state index in [2.05, 4.69) is 53.4 Å². The predicted molar refractivity (Wildman–Crippen MR) is 154 cm³/mol. The van der Waals surface area contributed by atoms with Crippen LogP contribution >= 0.6 is 0 Å². The van der Waals surface area contributed by atoms with Crippen LogP contribution in [0.3, 0.4) is 0 Å². The minimum absolute atomic E-state index is 0.0275. The van der Waals surface area contributed by atoms with Crippen LogP contribution in [0.4, 0.5) is 13.2 Å². The molecule has 0 aromatic rings. The number of nitrogens with two attached hydrogens (primary N) is 1. The summed E-state index contributed by atoms with van der Waals surface area (Å²) >= 11 is 0. The van der Waals surface area contributed by atoms with Crippen LogP contribution in [0.1, 0.15) is 60.3 Å².